The fourth-order valence-electron chi connectivity index (χ4n) is 4.32. The molecule has 2 heterocycles. The predicted octanol–water partition coefficient (Wildman–Crippen LogP) is 3.91. The first-order valence-corrected chi connectivity index (χ1v) is 9.84. The molecule has 1 saturated heterocycles. The number of rotatable bonds is 5. The van der Waals surface area contributed by atoms with Gasteiger partial charge in [0.2, 0.25) is 0 Å². The summed E-state index contributed by atoms with van der Waals surface area (Å²) >= 11 is 0. The van der Waals surface area contributed by atoms with Crippen molar-refractivity contribution in [2.24, 2.45) is 5.92 Å². The van der Waals surface area contributed by atoms with E-state index in [0.717, 1.165) is 44.7 Å². The second-order valence-electron chi connectivity index (χ2n) is 7.87. The molecular formula is C23H28N2O. The van der Waals surface area contributed by atoms with Crippen LogP contribution in [0.4, 0.5) is 0 Å². The number of nitrogens with zero attached hydrogens (tertiary/aromatic N) is 2. The van der Waals surface area contributed by atoms with Crippen molar-refractivity contribution in [3.05, 3.63) is 70.8 Å². The predicted molar refractivity (Wildman–Crippen MR) is 105 cm³/mol. The van der Waals surface area contributed by atoms with E-state index < -0.39 is 0 Å². The molecule has 0 radical (unpaired) electrons. The van der Waals surface area contributed by atoms with Crippen molar-refractivity contribution < 1.29 is 4.79 Å². The number of carbonyl (C=O) groups excluding carboxylic acids is 1. The minimum atomic E-state index is 0.225. The van der Waals surface area contributed by atoms with Gasteiger partial charge in [-0.1, -0.05) is 48.0 Å². The van der Waals surface area contributed by atoms with E-state index in [1.54, 1.807) is 0 Å². The Morgan fingerprint density at radius 1 is 1.04 bits per heavy atom. The van der Waals surface area contributed by atoms with Crippen molar-refractivity contribution in [2.45, 2.75) is 32.7 Å². The zero-order chi connectivity index (χ0) is 17.9. The van der Waals surface area contributed by atoms with E-state index in [1.807, 2.05) is 18.2 Å². The van der Waals surface area contributed by atoms with E-state index in [4.69, 9.17) is 0 Å². The number of piperidine rings is 1. The zero-order valence-corrected chi connectivity index (χ0v) is 15.7. The number of aryl methyl sites for hydroxylation is 1. The summed E-state index contributed by atoms with van der Waals surface area (Å²) in [5.74, 6) is 0.867. The van der Waals surface area contributed by atoms with E-state index in [0.29, 0.717) is 5.92 Å². The molecule has 26 heavy (non-hydrogen) atoms. The van der Waals surface area contributed by atoms with Gasteiger partial charge in [-0.05, 0) is 62.4 Å². The molecule has 0 spiro atoms. The van der Waals surface area contributed by atoms with Crippen LogP contribution in [0.1, 0.15) is 39.9 Å². The lowest BCUT2D eigenvalue weighted by molar-refractivity contribution is 0.0714. The molecule has 0 saturated carbocycles. The third-order valence-electron chi connectivity index (χ3n) is 5.88. The van der Waals surface area contributed by atoms with Crippen molar-refractivity contribution in [2.75, 3.05) is 26.2 Å². The summed E-state index contributed by atoms with van der Waals surface area (Å²) in [7, 11) is 0. The maximum Gasteiger partial charge on any atom is 0.254 e. The molecule has 136 valence electrons. The lowest BCUT2D eigenvalue weighted by Crippen LogP contribution is -2.39. The van der Waals surface area contributed by atoms with Gasteiger partial charge < -0.3 is 9.80 Å². The van der Waals surface area contributed by atoms with Crippen LogP contribution in [0.25, 0.3) is 0 Å². The Morgan fingerprint density at radius 3 is 2.62 bits per heavy atom. The summed E-state index contributed by atoms with van der Waals surface area (Å²) < 4.78 is 0. The van der Waals surface area contributed by atoms with Crippen molar-refractivity contribution in [3.8, 4) is 0 Å². The van der Waals surface area contributed by atoms with Gasteiger partial charge in [-0.25, -0.2) is 0 Å². The monoisotopic (exact) mass is 348 g/mol. The van der Waals surface area contributed by atoms with Crippen molar-refractivity contribution in [3.63, 3.8) is 0 Å². The van der Waals surface area contributed by atoms with E-state index in [2.05, 4.69) is 47.1 Å². The highest BCUT2D eigenvalue weighted by Gasteiger charge is 2.29. The average molecular weight is 348 g/mol. The van der Waals surface area contributed by atoms with Crippen LogP contribution in [0.5, 0.6) is 0 Å². The van der Waals surface area contributed by atoms with E-state index in [1.165, 1.54) is 29.5 Å². The highest BCUT2D eigenvalue weighted by molar-refractivity contribution is 5.98. The maximum absolute atomic E-state index is 12.5. The van der Waals surface area contributed by atoms with Crippen LogP contribution in [-0.2, 0) is 13.0 Å². The topological polar surface area (TPSA) is 23.6 Å². The molecule has 4 rings (SSSR count). The SMILES string of the molecule is Cc1cccc(CCN2CCC(CN3Cc4ccccc4C3=O)CC2)c1. The van der Waals surface area contributed by atoms with E-state index >= 15 is 0 Å². The first-order valence-electron chi connectivity index (χ1n) is 9.84. The lowest BCUT2D eigenvalue weighted by Gasteiger charge is -2.33. The normalized spacial score (nSPS) is 18.3. The van der Waals surface area contributed by atoms with Crippen molar-refractivity contribution in [1.29, 1.82) is 0 Å². The second-order valence-corrected chi connectivity index (χ2v) is 7.87. The van der Waals surface area contributed by atoms with Crippen LogP contribution in [0.3, 0.4) is 0 Å². The number of benzene rings is 2. The Kier molecular flexibility index (Phi) is 5.07. The highest BCUT2D eigenvalue weighted by atomic mass is 16.2. The molecule has 0 aliphatic carbocycles. The molecule has 3 nitrogen and oxygen atoms in total. The van der Waals surface area contributed by atoms with Gasteiger partial charge in [-0.3, -0.25) is 4.79 Å². The quantitative estimate of drug-likeness (QED) is 0.818. The Bertz CT molecular complexity index is 777. The van der Waals surface area contributed by atoms with Crippen LogP contribution in [-0.4, -0.2) is 41.9 Å². The lowest BCUT2D eigenvalue weighted by atomic mass is 9.96. The van der Waals surface area contributed by atoms with Gasteiger partial charge in [0.15, 0.2) is 0 Å². The Morgan fingerprint density at radius 2 is 1.85 bits per heavy atom. The molecule has 1 amide bonds. The van der Waals surface area contributed by atoms with Crippen LogP contribution in [0.15, 0.2) is 48.5 Å². The van der Waals surface area contributed by atoms with Crippen LogP contribution >= 0.6 is 0 Å². The van der Waals surface area contributed by atoms with Gasteiger partial charge >= 0.3 is 0 Å². The summed E-state index contributed by atoms with van der Waals surface area (Å²) in [6.45, 7) is 7.33. The molecule has 2 aliphatic rings. The van der Waals surface area contributed by atoms with Crippen LogP contribution in [0.2, 0.25) is 0 Å². The molecular weight excluding hydrogens is 320 g/mol. The fourth-order valence-corrected chi connectivity index (χ4v) is 4.32. The number of amides is 1. The molecule has 3 heteroatoms. The summed E-state index contributed by atoms with van der Waals surface area (Å²) in [6.07, 6.45) is 3.54. The molecule has 0 unspecified atom stereocenters. The fraction of sp³-hybridized carbons (Fsp3) is 0.435. The molecule has 0 bridgehead atoms. The largest absolute Gasteiger partial charge is 0.334 e. The van der Waals surface area contributed by atoms with E-state index in [9.17, 15) is 4.79 Å². The van der Waals surface area contributed by atoms with E-state index in [-0.39, 0.29) is 5.91 Å². The molecule has 0 aromatic heterocycles. The number of fused-ring (bicyclic) bond motifs is 1. The van der Waals surface area contributed by atoms with Gasteiger partial charge in [0, 0.05) is 25.2 Å². The van der Waals surface area contributed by atoms with Crippen LogP contribution in [0, 0.1) is 12.8 Å². The Hall–Kier alpha value is -2.13. The average Bonchev–Trinajstić information content (AvgIpc) is 2.97. The zero-order valence-electron chi connectivity index (χ0n) is 15.7. The molecule has 2 aliphatic heterocycles. The van der Waals surface area contributed by atoms with Crippen molar-refractivity contribution >= 4 is 5.91 Å². The number of likely N-dealkylation sites (tertiary alicyclic amines) is 1. The molecule has 0 atom stereocenters. The number of hydrogen-bond acceptors (Lipinski definition) is 2. The summed E-state index contributed by atoms with van der Waals surface area (Å²) in [6, 6.07) is 16.9. The minimum Gasteiger partial charge on any atom is -0.334 e. The first kappa shape index (κ1) is 17.3. The molecule has 2 aromatic rings. The van der Waals surface area contributed by atoms with Crippen LogP contribution < -0.4 is 0 Å². The number of hydrogen-bond donors (Lipinski definition) is 0. The highest BCUT2D eigenvalue weighted by Crippen LogP contribution is 2.26. The smallest absolute Gasteiger partial charge is 0.254 e. The van der Waals surface area contributed by atoms with Crippen molar-refractivity contribution in [1.82, 2.24) is 9.80 Å². The Labute approximate surface area is 156 Å². The van der Waals surface area contributed by atoms with Gasteiger partial charge in [-0.15, -0.1) is 0 Å². The van der Waals surface area contributed by atoms with Gasteiger partial charge in [-0.2, -0.15) is 0 Å². The van der Waals surface area contributed by atoms with Gasteiger partial charge in [0.1, 0.15) is 0 Å². The molecule has 1 fully saturated rings. The van der Waals surface area contributed by atoms with Gasteiger partial charge in [0.05, 0.1) is 0 Å². The molecule has 2 aromatic carbocycles. The third kappa shape index (κ3) is 3.83. The summed E-state index contributed by atoms with van der Waals surface area (Å²) in [5, 5.41) is 0. The summed E-state index contributed by atoms with van der Waals surface area (Å²) in [5.41, 5.74) is 4.88. The minimum absolute atomic E-state index is 0.225. The maximum atomic E-state index is 12.5. The third-order valence-corrected chi connectivity index (χ3v) is 5.88. The summed E-state index contributed by atoms with van der Waals surface area (Å²) in [4.78, 5) is 17.2. The first-order chi connectivity index (χ1) is 12.7. The second kappa shape index (κ2) is 7.63. The molecule has 0 N–H and O–H groups in total. The standard InChI is InChI=1S/C23H28N2O/c1-18-5-4-6-19(15-18)9-12-24-13-10-20(11-14-24)16-25-17-21-7-2-3-8-22(21)23(25)26/h2-8,15,20H,9-14,16-17H2,1H3. The Balaban J connectivity index is 1.24. The number of carbonyl (C=O) groups is 1. The van der Waals surface area contributed by atoms with Gasteiger partial charge in [0.25, 0.3) is 5.91 Å².